The van der Waals surface area contributed by atoms with E-state index in [2.05, 4.69) is 10.3 Å². The van der Waals surface area contributed by atoms with Gasteiger partial charge in [0.2, 0.25) is 0 Å². The number of benzene rings is 2. The Bertz CT molecular complexity index is 1280. The molecule has 0 saturated heterocycles. The number of hydrogen-bond donors (Lipinski definition) is 2. The van der Waals surface area contributed by atoms with Gasteiger partial charge in [0.25, 0.3) is 5.91 Å². The summed E-state index contributed by atoms with van der Waals surface area (Å²) >= 11 is 0. The second-order valence-corrected chi connectivity index (χ2v) is 8.76. The van der Waals surface area contributed by atoms with Gasteiger partial charge in [0, 0.05) is 18.2 Å². The van der Waals surface area contributed by atoms with E-state index in [1.54, 1.807) is 0 Å². The summed E-state index contributed by atoms with van der Waals surface area (Å²) in [4.78, 5) is 29.1. The first-order chi connectivity index (χ1) is 18.6. The fourth-order valence-corrected chi connectivity index (χ4v) is 3.94. The number of pyridine rings is 1. The molecule has 1 heterocycles. The van der Waals surface area contributed by atoms with E-state index in [9.17, 15) is 41.0 Å². The quantitative estimate of drug-likeness (QED) is 0.266. The number of amides is 1. The van der Waals surface area contributed by atoms with Crippen LogP contribution in [0.1, 0.15) is 52.5 Å². The van der Waals surface area contributed by atoms with Crippen LogP contribution < -0.4 is 10.1 Å². The summed E-state index contributed by atoms with van der Waals surface area (Å²) in [5.74, 6) is -3.41. The van der Waals surface area contributed by atoms with E-state index in [-0.39, 0.29) is 16.9 Å². The van der Waals surface area contributed by atoms with Crippen molar-refractivity contribution >= 4 is 11.9 Å². The van der Waals surface area contributed by atoms with E-state index < -0.39 is 64.9 Å². The summed E-state index contributed by atoms with van der Waals surface area (Å²) in [5.41, 5.74) is -1.79. The van der Waals surface area contributed by atoms with Crippen LogP contribution in [0.4, 0.5) is 26.3 Å². The van der Waals surface area contributed by atoms with Crippen LogP contribution in [0, 0.1) is 0 Å². The zero-order valence-corrected chi connectivity index (χ0v) is 21.3. The Kier molecular flexibility index (Phi) is 8.96. The minimum absolute atomic E-state index is 0.0278. The molecule has 7 nitrogen and oxygen atoms in total. The zero-order chi connectivity index (χ0) is 29.8. The second kappa shape index (κ2) is 11.8. The van der Waals surface area contributed by atoms with Crippen molar-refractivity contribution in [2.24, 2.45) is 0 Å². The molecule has 0 saturated carbocycles. The number of alkyl halides is 6. The van der Waals surface area contributed by atoms with E-state index in [4.69, 9.17) is 9.47 Å². The third-order valence-electron chi connectivity index (χ3n) is 5.99. The average molecular weight is 570 g/mol. The number of methoxy groups -OCH3 is 1. The predicted octanol–water partition coefficient (Wildman–Crippen LogP) is 5.72. The number of aromatic hydroxyl groups is 1. The van der Waals surface area contributed by atoms with Crippen LogP contribution in [0.5, 0.6) is 11.5 Å². The van der Waals surface area contributed by atoms with E-state index in [1.165, 1.54) is 33.2 Å². The topological polar surface area (TPSA) is 97.8 Å². The molecule has 2 aromatic carbocycles. The molecule has 13 heteroatoms. The van der Waals surface area contributed by atoms with Gasteiger partial charge in [0.05, 0.1) is 18.2 Å². The van der Waals surface area contributed by atoms with Crippen molar-refractivity contribution in [2.75, 3.05) is 7.11 Å². The van der Waals surface area contributed by atoms with Crippen molar-refractivity contribution in [1.82, 2.24) is 10.3 Å². The molecule has 1 aromatic heterocycles. The summed E-state index contributed by atoms with van der Waals surface area (Å²) < 4.78 is 88.9. The Morgan fingerprint density at radius 3 is 1.75 bits per heavy atom. The first kappa shape index (κ1) is 30.3. The van der Waals surface area contributed by atoms with Crippen molar-refractivity contribution in [3.8, 4) is 11.5 Å². The number of ether oxygens (including phenoxy) is 2. The molecule has 214 valence electrons. The van der Waals surface area contributed by atoms with Crippen molar-refractivity contribution in [3.63, 3.8) is 0 Å². The number of carbonyl (C=O) groups excluding carboxylic acids is 2. The van der Waals surface area contributed by atoms with Gasteiger partial charge in [-0.2, -0.15) is 26.3 Å². The number of aromatic nitrogens is 1. The van der Waals surface area contributed by atoms with Crippen molar-refractivity contribution in [1.29, 1.82) is 0 Å². The maximum Gasteiger partial charge on any atom is 0.416 e. The van der Waals surface area contributed by atoms with Crippen LogP contribution >= 0.6 is 0 Å². The highest BCUT2D eigenvalue weighted by atomic mass is 19.4. The molecule has 40 heavy (non-hydrogen) atoms. The standard InChI is InChI=1S/C27H24F6N2O5/c1-14(35-24(37)22-23(36)20(39-3)12-13-34-22)25(38)40-15(2)21(16-4-8-18(9-5-16)26(28,29)30)17-6-10-19(11-7-17)27(31,32)33/h4-15,21,36H,1-3H3,(H,35,37)/t14-,15-/m0/s1. The van der Waals surface area contributed by atoms with Crippen molar-refractivity contribution in [3.05, 3.63) is 88.7 Å². The molecule has 0 radical (unpaired) electrons. The highest BCUT2D eigenvalue weighted by molar-refractivity contribution is 5.97. The summed E-state index contributed by atoms with van der Waals surface area (Å²) in [6.07, 6.45) is -9.11. The smallest absolute Gasteiger partial charge is 0.416 e. The lowest BCUT2D eigenvalue weighted by atomic mass is 9.86. The van der Waals surface area contributed by atoms with Gasteiger partial charge in [-0.25, -0.2) is 9.78 Å². The lowest BCUT2D eigenvalue weighted by Crippen LogP contribution is -2.41. The first-order valence-electron chi connectivity index (χ1n) is 11.7. The maximum atomic E-state index is 13.1. The summed E-state index contributed by atoms with van der Waals surface area (Å²) in [7, 11) is 1.27. The Morgan fingerprint density at radius 1 is 0.850 bits per heavy atom. The van der Waals surface area contributed by atoms with Gasteiger partial charge in [-0.15, -0.1) is 0 Å². The fraction of sp³-hybridized carbons (Fsp3) is 0.296. The number of halogens is 6. The molecule has 3 aromatic rings. The van der Waals surface area contributed by atoms with Crippen LogP contribution in [0.3, 0.4) is 0 Å². The highest BCUT2D eigenvalue weighted by Crippen LogP contribution is 2.36. The van der Waals surface area contributed by atoms with Crippen molar-refractivity contribution in [2.45, 2.75) is 44.3 Å². The van der Waals surface area contributed by atoms with Crippen LogP contribution in [0.2, 0.25) is 0 Å². The van der Waals surface area contributed by atoms with E-state index in [0.29, 0.717) is 0 Å². The second-order valence-electron chi connectivity index (χ2n) is 8.76. The van der Waals surface area contributed by atoms with Crippen molar-refractivity contribution < 1.29 is 50.5 Å². The molecule has 2 atom stereocenters. The van der Waals surface area contributed by atoms with Crippen LogP contribution in [-0.4, -0.2) is 41.2 Å². The summed E-state index contributed by atoms with van der Waals surface area (Å²) in [6.45, 7) is 2.71. The minimum Gasteiger partial charge on any atom is -0.503 e. The molecule has 0 aliphatic rings. The molecule has 0 bridgehead atoms. The third kappa shape index (κ3) is 7.01. The van der Waals surface area contributed by atoms with Gasteiger partial charge in [-0.3, -0.25) is 4.79 Å². The first-order valence-corrected chi connectivity index (χ1v) is 11.7. The number of rotatable bonds is 8. The van der Waals surface area contributed by atoms with E-state index in [1.807, 2.05) is 0 Å². The molecule has 2 N–H and O–H groups in total. The number of nitrogens with one attached hydrogen (secondary N) is 1. The van der Waals surface area contributed by atoms with Gasteiger partial charge >= 0.3 is 18.3 Å². The molecule has 0 aliphatic carbocycles. The summed E-state index contributed by atoms with van der Waals surface area (Å²) in [5, 5.41) is 12.4. The molecular weight excluding hydrogens is 546 g/mol. The normalized spacial score (nSPS) is 13.4. The van der Waals surface area contributed by atoms with Gasteiger partial charge in [0.15, 0.2) is 17.2 Å². The number of esters is 1. The molecule has 0 unspecified atom stereocenters. The predicted molar refractivity (Wildman–Crippen MR) is 130 cm³/mol. The molecule has 0 fully saturated rings. The van der Waals surface area contributed by atoms with Gasteiger partial charge in [-0.1, -0.05) is 24.3 Å². The van der Waals surface area contributed by atoms with Gasteiger partial charge < -0.3 is 19.9 Å². The Hall–Kier alpha value is -4.29. The molecule has 0 spiro atoms. The lowest BCUT2D eigenvalue weighted by molar-refractivity contribution is -0.150. The molecule has 0 aliphatic heterocycles. The maximum absolute atomic E-state index is 13.1. The van der Waals surface area contributed by atoms with E-state index >= 15 is 0 Å². The molecular formula is C27H24F6N2O5. The zero-order valence-electron chi connectivity index (χ0n) is 21.3. The van der Waals surface area contributed by atoms with Gasteiger partial charge in [-0.05, 0) is 49.2 Å². The largest absolute Gasteiger partial charge is 0.503 e. The lowest BCUT2D eigenvalue weighted by Gasteiger charge is -2.27. The summed E-state index contributed by atoms with van der Waals surface area (Å²) in [6, 6.07) is 7.91. The van der Waals surface area contributed by atoms with E-state index in [0.717, 1.165) is 48.5 Å². The fourth-order valence-electron chi connectivity index (χ4n) is 3.94. The number of nitrogens with zero attached hydrogens (tertiary/aromatic N) is 1. The Labute approximate surface area is 224 Å². The van der Waals surface area contributed by atoms with Crippen LogP contribution in [0.15, 0.2) is 60.8 Å². The Morgan fingerprint density at radius 2 is 1.32 bits per heavy atom. The minimum atomic E-state index is -4.61. The average Bonchev–Trinajstić information content (AvgIpc) is 2.88. The molecule has 3 rings (SSSR count). The number of hydrogen-bond acceptors (Lipinski definition) is 6. The monoisotopic (exact) mass is 570 g/mol. The SMILES string of the molecule is COc1ccnc(C(=O)N[C@@H](C)C(=O)O[C@@H](C)C(c2ccc(C(F)(F)F)cc2)c2ccc(C(F)(F)F)cc2)c1O. The van der Waals surface area contributed by atoms with Crippen LogP contribution in [0.25, 0.3) is 0 Å². The highest BCUT2D eigenvalue weighted by Gasteiger charge is 2.34. The van der Waals surface area contributed by atoms with Crippen LogP contribution in [-0.2, 0) is 21.9 Å². The number of carbonyl (C=O) groups is 2. The molecule has 1 amide bonds. The van der Waals surface area contributed by atoms with Gasteiger partial charge in [0.1, 0.15) is 12.1 Å². The Balaban J connectivity index is 1.85. The third-order valence-corrected chi connectivity index (χ3v) is 5.99.